The van der Waals surface area contributed by atoms with Crippen molar-refractivity contribution >= 4 is 41.3 Å². The highest BCUT2D eigenvalue weighted by Crippen LogP contribution is 2.26. The summed E-state index contributed by atoms with van der Waals surface area (Å²) in [4.78, 5) is 10.0. The third kappa shape index (κ3) is 6.16. The molecular formula is C16H23IN4O2S. The van der Waals surface area contributed by atoms with Crippen molar-refractivity contribution in [3.05, 3.63) is 39.8 Å². The molecule has 0 saturated heterocycles. The number of thiazole rings is 1. The van der Waals surface area contributed by atoms with Crippen LogP contribution < -0.4 is 15.4 Å². The van der Waals surface area contributed by atoms with Crippen molar-refractivity contribution in [2.24, 2.45) is 4.99 Å². The number of aromatic nitrogens is 1. The van der Waals surface area contributed by atoms with E-state index in [0.717, 1.165) is 23.1 Å². The standard InChI is InChI=1S/C16H22N4O2S.HI/c1-4-17-16(20-10-15-18-8-11(2)23-15)19-9-12-5-6-14(22-3)13(21)7-12;/h5-8,21H,4,9-10H2,1-3H3,(H2,17,19,20);1H. The molecule has 0 aliphatic carbocycles. The first-order valence-corrected chi connectivity index (χ1v) is 8.23. The number of hydrogen-bond acceptors (Lipinski definition) is 5. The largest absolute Gasteiger partial charge is 0.504 e. The van der Waals surface area contributed by atoms with Crippen molar-refractivity contribution in [1.29, 1.82) is 0 Å². The van der Waals surface area contributed by atoms with Gasteiger partial charge in [0.1, 0.15) is 5.01 Å². The van der Waals surface area contributed by atoms with E-state index >= 15 is 0 Å². The molecule has 0 fully saturated rings. The number of nitrogens with zero attached hydrogens (tertiary/aromatic N) is 2. The van der Waals surface area contributed by atoms with Crippen LogP contribution in [0.1, 0.15) is 22.4 Å². The van der Waals surface area contributed by atoms with Gasteiger partial charge in [0.05, 0.1) is 20.2 Å². The van der Waals surface area contributed by atoms with Crippen molar-refractivity contribution < 1.29 is 9.84 Å². The maximum absolute atomic E-state index is 9.80. The number of phenols is 1. The lowest BCUT2D eigenvalue weighted by atomic mass is 10.2. The van der Waals surface area contributed by atoms with E-state index in [9.17, 15) is 5.11 Å². The lowest BCUT2D eigenvalue weighted by Gasteiger charge is -2.10. The molecule has 2 rings (SSSR count). The molecule has 132 valence electrons. The number of halogens is 1. The smallest absolute Gasteiger partial charge is 0.191 e. The molecule has 0 radical (unpaired) electrons. The van der Waals surface area contributed by atoms with Gasteiger partial charge in [0.2, 0.25) is 0 Å². The summed E-state index contributed by atoms with van der Waals surface area (Å²) >= 11 is 1.66. The Balaban J connectivity index is 0.00000288. The maximum atomic E-state index is 9.80. The molecular weight excluding hydrogens is 439 g/mol. The van der Waals surface area contributed by atoms with Crippen LogP contribution in [0, 0.1) is 6.92 Å². The van der Waals surface area contributed by atoms with E-state index in [-0.39, 0.29) is 29.7 Å². The molecule has 1 aromatic heterocycles. The van der Waals surface area contributed by atoms with Gasteiger partial charge in [0, 0.05) is 17.6 Å². The van der Waals surface area contributed by atoms with Crippen LogP contribution >= 0.6 is 35.3 Å². The van der Waals surface area contributed by atoms with Gasteiger partial charge in [-0.15, -0.1) is 35.3 Å². The average molecular weight is 462 g/mol. The zero-order chi connectivity index (χ0) is 16.7. The molecule has 0 atom stereocenters. The van der Waals surface area contributed by atoms with Crippen LogP contribution in [0.2, 0.25) is 0 Å². The Bertz CT molecular complexity index is 676. The number of phenolic OH excluding ortho intramolecular Hbond substituents is 1. The molecule has 0 unspecified atom stereocenters. The third-order valence-corrected chi connectivity index (χ3v) is 4.00. The topological polar surface area (TPSA) is 78.8 Å². The Morgan fingerprint density at radius 2 is 2.17 bits per heavy atom. The van der Waals surface area contributed by atoms with Crippen LogP contribution in [0.4, 0.5) is 0 Å². The molecule has 3 N–H and O–H groups in total. The first-order valence-electron chi connectivity index (χ1n) is 7.41. The molecule has 0 spiro atoms. The SMILES string of the molecule is CCNC(=NCc1ccc(OC)c(O)c1)NCc1ncc(C)s1.I. The number of hydrogen-bond donors (Lipinski definition) is 3. The molecule has 0 amide bonds. The van der Waals surface area contributed by atoms with Gasteiger partial charge in [-0.2, -0.15) is 0 Å². The normalized spacial score (nSPS) is 10.9. The van der Waals surface area contributed by atoms with Gasteiger partial charge in [0.15, 0.2) is 17.5 Å². The molecule has 1 aromatic carbocycles. The Morgan fingerprint density at radius 1 is 1.38 bits per heavy atom. The van der Waals surface area contributed by atoms with Crippen molar-refractivity contribution in [2.45, 2.75) is 26.9 Å². The minimum atomic E-state index is 0. The van der Waals surface area contributed by atoms with Crippen molar-refractivity contribution in [3.63, 3.8) is 0 Å². The fourth-order valence-electron chi connectivity index (χ4n) is 1.99. The van der Waals surface area contributed by atoms with E-state index in [1.54, 1.807) is 23.5 Å². The number of nitrogens with one attached hydrogen (secondary N) is 2. The van der Waals surface area contributed by atoms with Crippen molar-refractivity contribution in [3.8, 4) is 11.5 Å². The fourth-order valence-corrected chi connectivity index (χ4v) is 2.72. The molecule has 2 aromatic rings. The van der Waals surface area contributed by atoms with Gasteiger partial charge in [-0.1, -0.05) is 6.07 Å². The Kier molecular flexibility index (Phi) is 8.83. The number of rotatable bonds is 6. The maximum Gasteiger partial charge on any atom is 0.191 e. The minimum absolute atomic E-state index is 0. The van der Waals surface area contributed by atoms with Gasteiger partial charge >= 0.3 is 0 Å². The summed E-state index contributed by atoms with van der Waals surface area (Å²) in [6.45, 7) is 5.93. The molecule has 0 saturated carbocycles. The number of aliphatic imine (C=N–C) groups is 1. The summed E-state index contributed by atoms with van der Waals surface area (Å²) in [6, 6.07) is 5.28. The van der Waals surface area contributed by atoms with Crippen LogP contribution in [0.25, 0.3) is 0 Å². The predicted molar refractivity (Wildman–Crippen MR) is 109 cm³/mol. The number of ether oxygens (including phenoxy) is 1. The fraction of sp³-hybridized carbons (Fsp3) is 0.375. The highest BCUT2D eigenvalue weighted by atomic mass is 127. The molecule has 8 heteroatoms. The second-order valence-corrected chi connectivity index (χ2v) is 6.24. The van der Waals surface area contributed by atoms with E-state index in [2.05, 4.69) is 20.6 Å². The first-order chi connectivity index (χ1) is 11.1. The quantitative estimate of drug-likeness (QED) is 0.350. The highest BCUT2D eigenvalue weighted by Gasteiger charge is 2.04. The Labute approximate surface area is 163 Å². The lowest BCUT2D eigenvalue weighted by molar-refractivity contribution is 0.373. The predicted octanol–water partition coefficient (Wildman–Crippen LogP) is 3.04. The van der Waals surface area contributed by atoms with E-state index < -0.39 is 0 Å². The zero-order valence-corrected chi connectivity index (χ0v) is 17.1. The van der Waals surface area contributed by atoms with Gasteiger partial charge < -0.3 is 20.5 Å². The summed E-state index contributed by atoms with van der Waals surface area (Å²) in [7, 11) is 1.53. The number of benzene rings is 1. The first kappa shape index (κ1) is 20.5. The monoisotopic (exact) mass is 462 g/mol. The van der Waals surface area contributed by atoms with Crippen molar-refractivity contribution in [2.75, 3.05) is 13.7 Å². The third-order valence-electron chi connectivity index (χ3n) is 3.08. The van der Waals surface area contributed by atoms with Gasteiger partial charge in [-0.3, -0.25) is 0 Å². The molecule has 1 heterocycles. The van der Waals surface area contributed by atoms with Crippen molar-refractivity contribution in [1.82, 2.24) is 15.6 Å². The molecule has 0 aliphatic rings. The number of aryl methyl sites for hydroxylation is 1. The highest BCUT2D eigenvalue weighted by molar-refractivity contribution is 14.0. The number of aromatic hydroxyl groups is 1. The second kappa shape index (κ2) is 10.3. The van der Waals surface area contributed by atoms with Crippen LogP contribution in [-0.2, 0) is 13.1 Å². The molecule has 0 aliphatic heterocycles. The minimum Gasteiger partial charge on any atom is -0.504 e. The summed E-state index contributed by atoms with van der Waals surface area (Å²) < 4.78 is 5.04. The van der Waals surface area contributed by atoms with E-state index in [1.807, 2.05) is 26.1 Å². The van der Waals surface area contributed by atoms with E-state index in [4.69, 9.17) is 4.74 Å². The molecule has 24 heavy (non-hydrogen) atoms. The number of guanidine groups is 1. The van der Waals surface area contributed by atoms with Gasteiger partial charge in [-0.25, -0.2) is 9.98 Å². The van der Waals surface area contributed by atoms with E-state index in [0.29, 0.717) is 18.8 Å². The summed E-state index contributed by atoms with van der Waals surface area (Å²) in [5.41, 5.74) is 0.908. The van der Waals surface area contributed by atoms with Gasteiger partial charge in [-0.05, 0) is 31.5 Å². The van der Waals surface area contributed by atoms with Crippen LogP contribution in [-0.4, -0.2) is 29.7 Å². The lowest BCUT2D eigenvalue weighted by Crippen LogP contribution is -2.36. The number of methoxy groups -OCH3 is 1. The second-order valence-electron chi connectivity index (χ2n) is 4.92. The molecule has 6 nitrogen and oxygen atoms in total. The van der Waals surface area contributed by atoms with Crippen LogP contribution in [0.5, 0.6) is 11.5 Å². The van der Waals surface area contributed by atoms with Gasteiger partial charge in [0.25, 0.3) is 0 Å². The summed E-state index contributed by atoms with van der Waals surface area (Å²) in [5, 5.41) is 17.3. The average Bonchev–Trinajstić information content (AvgIpc) is 2.95. The summed E-state index contributed by atoms with van der Waals surface area (Å²) in [6.07, 6.45) is 1.87. The van der Waals surface area contributed by atoms with Crippen LogP contribution in [0.3, 0.4) is 0 Å². The van der Waals surface area contributed by atoms with E-state index in [1.165, 1.54) is 12.0 Å². The van der Waals surface area contributed by atoms with Crippen LogP contribution in [0.15, 0.2) is 29.4 Å². The summed E-state index contributed by atoms with van der Waals surface area (Å²) in [5.74, 6) is 1.30. The zero-order valence-electron chi connectivity index (χ0n) is 14.0. The molecule has 0 bridgehead atoms. The Hall–Kier alpha value is -1.55. The Morgan fingerprint density at radius 3 is 2.75 bits per heavy atom.